The maximum Gasteiger partial charge on any atom is 0.130 e. The second-order valence-corrected chi connectivity index (χ2v) is 9.61. The summed E-state index contributed by atoms with van der Waals surface area (Å²) in [7, 11) is 3.32. The number of nitrogens with one attached hydrogen (secondary N) is 1. The smallest absolute Gasteiger partial charge is 0.130 e. The normalized spacial score (nSPS) is 11.5. The molecule has 0 saturated carbocycles. The van der Waals surface area contributed by atoms with Gasteiger partial charge in [-0.05, 0) is 95.9 Å². The van der Waals surface area contributed by atoms with Gasteiger partial charge in [0.2, 0.25) is 0 Å². The van der Waals surface area contributed by atoms with Gasteiger partial charge >= 0.3 is 0 Å². The molecular formula is C35H30N4O3. The molecule has 0 unspecified atom stereocenters. The lowest BCUT2D eigenvalue weighted by Gasteiger charge is -2.10. The third-order valence-electron chi connectivity index (χ3n) is 6.85. The van der Waals surface area contributed by atoms with Gasteiger partial charge in [-0.25, -0.2) is 4.68 Å². The van der Waals surface area contributed by atoms with Crippen molar-refractivity contribution in [1.29, 1.82) is 0 Å². The van der Waals surface area contributed by atoms with Crippen LogP contribution in [0.15, 0.2) is 103 Å². The topological polar surface area (TPSA) is 74.2 Å². The molecule has 3 heterocycles. The minimum atomic E-state index is 0.384. The van der Waals surface area contributed by atoms with Crippen LogP contribution in [0.1, 0.15) is 28.2 Å². The van der Waals surface area contributed by atoms with Gasteiger partial charge in [0.1, 0.15) is 23.9 Å². The summed E-state index contributed by atoms with van der Waals surface area (Å²) in [6.07, 6.45) is 11.9. The van der Waals surface area contributed by atoms with Gasteiger partial charge in [0.25, 0.3) is 0 Å². The Kier molecular flexibility index (Phi) is 7.81. The van der Waals surface area contributed by atoms with Crippen molar-refractivity contribution in [3.8, 4) is 22.9 Å². The van der Waals surface area contributed by atoms with Gasteiger partial charge < -0.3 is 19.2 Å². The van der Waals surface area contributed by atoms with E-state index in [4.69, 9.17) is 19.3 Å². The third kappa shape index (κ3) is 6.10. The first-order valence-electron chi connectivity index (χ1n) is 13.6. The van der Waals surface area contributed by atoms with Crippen LogP contribution in [-0.2, 0) is 6.61 Å². The number of hydrogen-bond donors (Lipinski definition) is 1. The monoisotopic (exact) mass is 554 g/mol. The molecule has 208 valence electrons. The largest absolute Gasteiger partial charge is 0.497 e. The van der Waals surface area contributed by atoms with E-state index in [1.54, 1.807) is 20.4 Å². The number of benzene rings is 3. The molecule has 0 bridgehead atoms. The van der Waals surface area contributed by atoms with Crippen molar-refractivity contribution in [1.82, 2.24) is 19.7 Å². The molecule has 0 aliphatic carbocycles. The van der Waals surface area contributed by atoms with Gasteiger partial charge in [-0.3, -0.25) is 4.98 Å². The van der Waals surface area contributed by atoms with E-state index in [-0.39, 0.29) is 0 Å². The molecule has 6 rings (SSSR count). The SMILES string of the molecule is COc1ccc(-n2nc(/C=C/c3ccc4cc[nH]c4c3)cc2/C=C/c2ccc(OCc3ccccn3)cc2OC)cc1. The number of pyridine rings is 1. The van der Waals surface area contributed by atoms with Crippen LogP contribution in [0.5, 0.6) is 17.2 Å². The lowest BCUT2D eigenvalue weighted by atomic mass is 10.1. The first kappa shape index (κ1) is 26.7. The van der Waals surface area contributed by atoms with E-state index in [1.165, 1.54) is 5.39 Å². The molecule has 0 aliphatic heterocycles. The van der Waals surface area contributed by atoms with Gasteiger partial charge in [-0.2, -0.15) is 5.10 Å². The Labute approximate surface area is 244 Å². The highest BCUT2D eigenvalue weighted by Crippen LogP contribution is 2.28. The van der Waals surface area contributed by atoms with Crippen molar-refractivity contribution in [3.63, 3.8) is 0 Å². The van der Waals surface area contributed by atoms with Gasteiger partial charge in [0, 0.05) is 29.5 Å². The van der Waals surface area contributed by atoms with Crippen LogP contribution in [0.25, 0.3) is 40.9 Å². The van der Waals surface area contributed by atoms with E-state index < -0.39 is 0 Å². The highest BCUT2D eigenvalue weighted by molar-refractivity contribution is 5.83. The Bertz CT molecular complexity index is 1850. The van der Waals surface area contributed by atoms with E-state index in [9.17, 15) is 0 Å². The molecule has 3 aromatic carbocycles. The Morgan fingerprint density at radius 2 is 1.67 bits per heavy atom. The lowest BCUT2D eigenvalue weighted by Crippen LogP contribution is -1.99. The molecule has 6 aromatic rings. The number of aromatic amines is 1. The summed E-state index contributed by atoms with van der Waals surface area (Å²) >= 11 is 0. The second-order valence-electron chi connectivity index (χ2n) is 9.61. The zero-order valence-corrected chi connectivity index (χ0v) is 23.4. The van der Waals surface area contributed by atoms with Gasteiger partial charge in [0.15, 0.2) is 0 Å². The number of hydrogen-bond acceptors (Lipinski definition) is 5. The van der Waals surface area contributed by atoms with E-state index in [0.29, 0.717) is 18.1 Å². The Morgan fingerprint density at radius 3 is 2.48 bits per heavy atom. The van der Waals surface area contributed by atoms with Crippen LogP contribution in [0, 0.1) is 0 Å². The van der Waals surface area contributed by atoms with Crippen molar-refractivity contribution in [2.45, 2.75) is 6.61 Å². The molecule has 0 fully saturated rings. The van der Waals surface area contributed by atoms with Crippen molar-refractivity contribution < 1.29 is 14.2 Å². The van der Waals surface area contributed by atoms with Crippen LogP contribution in [-0.4, -0.2) is 34.0 Å². The molecule has 0 saturated heterocycles. The number of H-pyrrole nitrogens is 1. The van der Waals surface area contributed by atoms with Crippen LogP contribution < -0.4 is 14.2 Å². The molecule has 0 amide bonds. The zero-order chi connectivity index (χ0) is 28.7. The minimum Gasteiger partial charge on any atom is -0.497 e. The predicted molar refractivity (Wildman–Crippen MR) is 168 cm³/mol. The molecule has 0 spiro atoms. The fraction of sp³-hybridized carbons (Fsp3) is 0.0857. The summed E-state index contributed by atoms with van der Waals surface area (Å²) in [4.78, 5) is 7.58. The molecule has 3 aromatic heterocycles. The van der Waals surface area contributed by atoms with Crippen molar-refractivity contribution in [2.75, 3.05) is 14.2 Å². The molecule has 42 heavy (non-hydrogen) atoms. The fourth-order valence-electron chi connectivity index (χ4n) is 4.63. The summed E-state index contributed by atoms with van der Waals surface area (Å²) in [5, 5.41) is 6.08. The maximum atomic E-state index is 5.93. The lowest BCUT2D eigenvalue weighted by molar-refractivity contribution is 0.299. The predicted octanol–water partition coefficient (Wildman–Crippen LogP) is 7.69. The molecular weight excluding hydrogens is 524 g/mol. The van der Waals surface area contributed by atoms with E-state index >= 15 is 0 Å². The third-order valence-corrected chi connectivity index (χ3v) is 6.85. The van der Waals surface area contributed by atoms with E-state index in [0.717, 1.165) is 45.2 Å². The molecule has 0 aliphatic rings. The van der Waals surface area contributed by atoms with Crippen LogP contribution in [0.4, 0.5) is 0 Å². The average Bonchev–Trinajstić information content (AvgIpc) is 3.69. The second kappa shape index (κ2) is 12.3. The van der Waals surface area contributed by atoms with Crippen molar-refractivity contribution in [2.24, 2.45) is 0 Å². The number of aromatic nitrogens is 4. The van der Waals surface area contributed by atoms with E-state index in [1.807, 2.05) is 89.8 Å². The molecule has 0 atom stereocenters. The molecule has 1 N–H and O–H groups in total. The van der Waals surface area contributed by atoms with Gasteiger partial charge in [-0.1, -0.05) is 24.3 Å². The summed E-state index contributed by atoms with van der Waals surface area (Å²) in [5.74, 6) is 2.21. The standard InChI is InChI=1S/C35H30N4O3/c1-40-32-16-13-30(14-17-32)39-31(22-28(38-39)11-7-25-6-8-26-18-20-37-34(26)21-25)12-9-27-10-15-33(23-35(27)41-2)42-24-29-5-3-4-19-36-29/h3-23,37H,24H2,1-2H3/b11-7+,12-9+. The van der Waals surface area contributed by atoms with Crippen LogP contribution in [0.3, 0.4) is 0 Å². The first-order valence-corrected chi connectivity index (χ1v) is 13.6. The Balaban J connectivity index is 1.28. The molecule has 0 radical (unpaired) electrons. The highest BCUT2D eigenvalue weighted by atomic mass is 16.5. The number of rotatable bonds is 10. The zero-order valence-electron chi connectivity index (χ0n) is 23.4. The Morgan fingerprint density at radius 1 is 0.786 bits per heavy atom. The van der Waals surface area contributed by atoms with E-state index in [2.05, 4.69) is 46.4 Å². The first-order chi connectivity index (χ1) is 20.7. The van der Waals surface area contributed by atoms with Crippen molar-refractivity contribution in [3.05, 3.63) is 132 Å². The summed E-state index contributed by atoms with van der Waals surface area (Å²) in [5.41, 5.74) is 6.65. The number of fused-ring (bicyclic) bond motifs is 1. The Hall–Kier alpha value is -5.56. The maximum absolute atomic E-state index is 5.93. The fourth-order valence-corrected chi connectivity index (χ4v) is 4.63. The summed E-state index contributed by atoms with van der Waals surface area (Å²) in [6.45, 7) is 0.384. The summed E-state index contributed by atoms with van der Waals surface area (Å²) < 4.78 is 18.9. The quantitative estimate of drug-likeness (QED) is 0.188. The minimum absolute atomic E-state index is 0.384. The van der Waals surface area contributed by atoms with Crippen LogP contribution in [0.2, 0.25) is 0 Å². The van der Waals surface area contributed by atoms with Gasteiger partial charge in [-0.15, -0.1) is 0 Å². The number of methoxy groups -OCH3 is 2. The molecule has 7 nitrogen and oxygen atoms in total. The number of ether oxygens (including phenoxy) is 3. The average molecular weight is 555 g/mol. The van der Waals surface area contributed by atoms with Crippen molar-refractivity contribution >= 4 is 35.2 Å². The molecule has 7 heteroatoms. The number of nitrogens with zero attached hydrogens (tertiary/aromatic N) is 3. The van der Waals surface area contributed by atoms with Crippen LogP contribution >= 0.6 is 0 Å². The highest BCUT2D eigenvalue weighted by Gasteiger charge is 2.09. The summed E-state index contributed by atoms with van der Waals surface area (Å²) in [6, 6.07) is 29.9. The van der Waals surface area contributed by atoms with Gasteiger partial charge in [0.05, 0.1) is 37.0 Å².